The summed E-state index contributed by atoms with van der Waals surface area (Å²) < 4.78 is 0. The summed E-state index contributed by atoms with van der Waals surface area (Å²) in [6.07, 6.45) is 36.4. The van der Waals surface area contributed by atoms with Crippen molar-refractivity contribution in [1.29, 1.82) is 0 Å². The van der Waals surface area contributed by atoms with E-state index in [1.807, 2.05) is 0 Å². The van der Waals surface area contributed by atoms with Gasteiger partial charge in [0.25, 0.3) is 5.97 Å². The highest BCUT2D eigenvalue weighted by Crippen LogP contribution is 2.14. The van der Waals surface area contributed by atoms with Gasteiger partial charge in [0.15, 0.2) is 0 Å². The minimum Gasteiger partial charge on any atom is -0.481 e. The largest absolute Gasteiger partial charge is 0.481 e. The highest BCUT2D eigenvalue weighted by molar-refractivity contribution is 5.79. The van der Waals surface area contributed by atoms with E-state index in [-0.39, 0.29) is 13.2 Å². The molecule has 9 heteroatoms. The van der Waals surface area contributed by atoms with Crippen molar-refractivity contribution in [2.75, 3.05) is 13.2 Å². The molecule has 0 aromatic carbocycles. The molecule has 0 rings (SSSR count). The lowest BCUT2D eigenvalue weighted by Crippen LogP contribution is -2.15. The average molecular weight is 677 g/mol. The molecular weight excluding hydrogens is 600 g/mol. The molecule has 0 amide bonds. The van der Waals surface area contributed by atoms with Crippen LogP contribution in [-0.2, 0) is 14.4 Å². The van der Waals surface area contributed by atoms with E-state index in [0.29, 0.717) is 6.42 Å². The summed E-state index contributed by atoms with van der Waals surface area (Å²) in [6.45, 7) is 4.88. The van der Waals surface area contributed by atoms with Crippen LogP contribution in [-0.4, -0.2) is 67.9 Å². The first kappa shape index (κ1) is 51.9. The topological polar surface area (TPSA) is 173 Å². The number of allylic oxidation sites excluding steroid dienone is 1. The van der Waals surface area contributed by atoms with Gasteiger partial charge in [-0.05, 0) is 19.3 Å². The van der Waals surface area contributed by atoms with Crippen LogP contribution in [0.5, 0.6) is 0 Å². The Morgan fingerprint density at radius 2 is 0.787 bits per heavy atom. The first-order valence-corrected chi connectivity index (χ1v) is 18.8. The summed E-state index contributed by atoms with van der Waals surface area (Å²) >= 11 is 0. The van der Waals surface area contributed by atoms with Gasteiger partial charge in [-0.25, -0.2) is 4.79 Å². The summed E-state index contributed by atoms with van der Waals surface area (Å²) in [5.41, 5.74) is 0. The van der Waals surface area contributed by atoms with Crippen LogP contribution in [0.3, 0.4) is 0 Å². The molecule has 0 radical (unpaired) electrons. The van der Waals surface area contributed by atoms with Gasteiger partial charge in [-0.2, -0.15) is 0 Å². The zero-order valence-electron chi connectivity index (χ0n) is 30.6. The minimum atomic E-state index is -0.954. The molecule has 9 nitrogen and oxygen atoms in total. The standard InChI is InChI=1S/C17H32O2.C16H32O2.C3H8O3.C2H4O2/c1-2-3-4-5-6-7-8-9-10-11-12-13-14-15-16-17(18)19;1-2-3-4-5-6-7-8-9-10-11-12-13-14-15-16(17)18;4-1-3(6)2-5;1-2(3)4/h15-16H,2-14H2,1H3,(H,18,19);2-15H2,1H3,(H,17,18);3-6H,1-2H2;1H3,(H,3,4)/b16-15-;;;. The van der Waals surface area contributed by atoms with Gasteiger partial charge in [-0.1, -0.05) is 168 Å². The Morgan fingerprint density at radius 3 is 1.02 bits per heavy atom. The Balaban J connectivity index is -0.000000305. The Kier molecular flexibility index (Phi) is 53.4. The third-order valence-electron chi connectivity index (χ3n) is 7.40. The van der Waals surface area contributed by atoms with Crippen molar-refractivity contribution in [3.05, 3.63) is 12.2 Å². The van der Waals surface area contributed by atoms with Gasteiger partial charge in [0.1, 0.15) is 6.10 Å². The minimum absolute atomic E-state index is 0.345. The SMILES string of the molecule is CC(=O)O.CCCCCCCCCCCCCC/C=C\C(=O)O.CCCCCCCCCCCCCCCC(=O)O.OCC(O)CO. The Morgan fingerprint density at radius 1 is 0.511 bits per heavy atom. The summed E-state index contributed by atoms with van der Waals surface area (Å²) in [6, 6.07) is 0. The predicted molar refractivity (Wildman–Crippen MR) is 194 cm³/mol. The van der Waals surface area contributed by atoms with Crippen LogP contribution in [0.1, 0.15) is 194 Å². The van der Waals surface area contributed by atoms with Crippen molar-refractivity contribution in [3.8, 4) is 0 Å². The molecule has 0 heterocycles. The fraction of sp³-hybridized carbons (Fsp3) is 0.868. The highest BCUT2D eigenvalue weighted by Gasteiger charge is 1.97. The van der Waals surface area contributed by atoms with Crippen molar-refractivity contribution >= 4 is 17.9 Å². The van der Waals surface area contributed by atoms with E-state index in [9.17, 15) is 9.59 Å². The van der Waals surface area contributed by atoms with Crippen molar-refractivity contribution in [3.63, 3.8) is 0 Å². The summed E-state index contributed by atoms with van der Waals surface area (Å²) in [7, 11) is 0. The maximum atomic E-state index is 10.3. The fourth-order valence-electron chi connectivity index (χ4n) is 4.64. The lowest BCUT2D eigenvalue weighted by Gasteiger charge is -2.02. The number of carboxylic acid groups (broad SMARTS) is 3. The fourth-order valence-corrected chi connectivity index (χ4v) is 4.64. The second kappa shape index (κ2) is 48.4. The van der Waals surface area contributed by atoms with Crippen LogP contribution in [0.25, 0.3) is 0 Å². The molecule has 0 saturated heterocycles. The van der Waals surface area contributed by atoms with E-state index < -0.39 is 24.0 Å². The number of hydrogen-bond acceptors (Lipinski definition) is 6. The van der Waals surface area contributed by atoms with Crippen LogP contribution in [0.15, 0.2) is 12.2 Å². The number of carboxylic acids is 3. The second-order valence-electron chi connectivity index (χ2n) is 12.3. The van der Waals surface area contributed by atoms with Crippen molar-refractivity contribution in [1.82, 2.24) is 0 Å². The van der Waals surface area contributed by atoms with Gasteiger partial charge in [-0.15, -0.1) is 0 Å². The molecule has 282 valence electrons. The van der Waals surface area contributed by atoms with E-state index >= 15 is 0 Å². The van der Waals surface area contributed by atoms with Gasteiger partial charge in [0.2, 0.25) is 0 Å². The monoisotopic (exact) mass is 677 g/mol. The maximum Gasteiger partial charge on any atom is 0.327 e. The smallest absolute Gasteiger partial charge is 0.327 e. The highest BCUT2D eigenvalue weighted by atomic mass is 16.4. The molecule has 6 N–H and O–H groups in total. The zero-order chi connectivity index (χ0) is 36.2. The number of aliphatic hydroxyl groups excluding tert-OH is 3. The van der Waals surface area contributed by atoms with Crippen LogP contribution in [0.2, 0.25) is 0 Å². The summed E-state index contributed by atoms with van der Waals surface area (Å²) in [5.74, 6) is -2.32. The number of aliphatic carboxylic acids is 3. The molecule has 0 unspecified atom stereocenters. The van der Waals surface area contributed by atoms with Gasteiger partial charge >= 0.3 is 11.9 Å². The maximum absolute atomic E-state index is 10.3. The third-order valence-corrected chi connectivity index (χ3v) is 7.40. The molecule has 0 aromatic rings. The zero-order valence-corrected chi connectivity index (χ0v) is 30.6. The van der Waals surface area contributed by atoms with Gasteiger partial charge in [0, 0.05) is 19.4 Å². The van der Waals surface area contributed by atoms with Crippen LogP contribution < -0.4 is 0 Å². The van der Waals surface area contributed by atoms with Gasteiger partial charge in [0.05, 0.1) is 13.2 Å². The molecule has 0 fully saturated rings. The van der Waals surface area contributed by atoms with Crippen molar-refractivity contribution in [2.45, 2.75) is 200 Å². The Bertz CT molecular complexity index is 645. The number of hydrogen-bond donors (Lipinski definition) is 6. The van der Waals surface area contributed by atoms with Crippen LogP contribution in [0, 0.1) is 0 Å². The van der Waals surface area contributed by atoms with Crippen molar-refractivity contribution in [2.24, 2.45) is 0 Å². The molecule has 47 heavy (non-hydrogen) atoms. The normalized spacial score (nSPS) is 10.4. The molecule has 0 aliphatic heterocycles. The molecular formula is C38H76O9. The molecule has 0 aliphatic rings. The van der Waals surface area contributed by atoms with E-state index in [2.05, 4.69) is 13.8 Å². The molecule has 0 aliphatic carbocycles. The van der Waals surface area contributed by atoms with E-state index in [1.165, 1.54) is 147 Å². The lowest BCUT2D eigenvalue weighted by molar-refractivity contribution is -0.137. The number of rotatable bonds is 30. The first-order valence-electron chi connectivity index (χ1n) is 18.8. The lowest BCUT2D eigenvalue weighted by atomic mass is 10.0. The molecule has 0 bridgehead atoms. The van der Waals surface area contributed by atoms with E-state index in [4.69, 9.17) is 35.4 Å². The van der Waals surface area contributed by atoms with Crippen molar-refractivity contribution < 1.29 is 45.0 Å². The summed E-state index contributed by atoms with van der Waals surface area (Å²) in [4.78, 5) is 29.5. The molecule has 0 atom stereocenters. The quantitative estimate of drug-likeness (QED) is 0.0320. The van der Waals surface area contributed by atoms with Gasteiger partial charge < -0.3 is 30.6 Å². The third kappa shape index (κ3) is 71.3. The van der Waals surface area contributed by atoms with Crippen LogP contribution >= 0.6 is 0 Å². The molecule has 0 saturated carbocycles. The van der Waals surface area contributed by atoms with E-state index in [1.54, 1.807) is 6.08 Å². The molecule has 0 spiro atoms. The average Bonchev–Trinajstić information content (AvgIpc) is 3.03. The van der Waals surface area contributed by atoms with E-state index in [0.717, 1.165) is 32.6 Å². The first-order chi connectivity index (χ1) is 22.6. The Hall–Kier alpha value is -1.97. The number of carbonyl (C=O) groups is 3. The summed E-state index contributed by atoms with van der Waals surface area (Å²) in [5, 5.41) is 48.3. The Labute approximate surface area is 288 Å². The van der Waals surface area contributed by atoms with Gasteiger partial charge in [-0.3, -0.25) is 9.59 Å². The number of aliphatic hydroxyl groups is 3. The molecule has 0 aromatic heterocycles. The number of unbranched alkanes of at least 4 members (excludes halogenated alkanes) is 24. The second-order valence-corrected chi connectivity index (χ2v) is 12.3. The van der Waals surface area contributed by atoms with Crippen LogP contribution in [0.4, 0.5) is 0 Å². The predicted octanol–water partition coefficient (Wildman–Crippen LogP) is 9.69.